The largest absolute Gasteiger partial charge is 0.490 e. The van der Waals surface area contributed by atoms with E-state index in [1.165, 1.54) is 18.4 Å². The molecule has 2 unspecified atom stereocenters. The molecule has 2 atom stereocenters. The van der Waals surface area contributed by atoms with Crippen LogP contribution in [-0.4, -0.2) is 19.8 Å². The molecule has 1 aliphatic heterocycles. The van der Waals surface area contributed by atoms with E-state index in [0.29, 0.717) is 25.2 Å². The average Bonchev–Trinajstić information content (AvgIpc) is 2.42. The standard InChI is InChI=1S/C16H25NO2/c1-4-18-14-9-8-13(11-15(14)19-5-2)16-12(3)7-6-10-17-16/h8-9,11-12,16-17H,4-7,10H2,1-3H3. The van der Waals surface area contributed by atoms with Crippen LogP contribution >= 0.6 is 0 Å². The number of rotatable bonds is 5. The topological polar surface area (TPSA) is 30.5 Å². The van der Waals surface area contributed by atoms with E-state index in [4.69, 9.17) is 9.47 Å². The van der Waals surface area contributed by atoms with Gasteiger partial charge in [-0.2, -0.15) is 0 Å². The summed E-state index contributed by atoms with van der Waals surface area (Å²) in [6.45, 7) is 8.74. The molecule has 0 bridgehead atoms. The zero-order valence-electron chi connectivity index (χ0n) is 12.2. The van der Waals surface area contributed by atoms with Crippen molar-refractivity contribution in [2.24, 2.45) is 5.92 Å². The molecule has 1 aromatic carbocycles. The minimum absolute atomic E-state index is 0.434. The van der Waals surface area contributed by atoms with Gasteiger partial charge in [0.05, 0.1) is 13.2 Å². The molecule has 0 radical (unpaired) electrons. The molecule has 0 spiro atoms. The fraction of sp³-hybridized carbons (Fsp3) is 0.625. The van der Waals surface area contributed by atoms with Crippen LogP contribution in [0.15, 0.2) is 18.2 Å². The lowest BCUT2D eigenvalue weighted by atomic mass is 9.88. The minimum atomic E-state index is 0.434. The highest BCUT2D eigenvalue weighted by Crippen LogP contribution is 2.35. The Kier molecular flexibility index (Phi) is 5.08. The first-order valence-electron chi connectivity index (χ1n) is 7.39. The molecule has 0 aliphatic carbocycles. The molecular formula is C16H25NO2. The van der Waals surface area contributed by atoms with Gasteiger partial charge in [0.15, 0.2) is 11.5 Å². The molecule has 19 heavy (non-hydrogen) atoms. The van der Waals surface area contributed by atoms with Crippen molar-refractivity contribution in [3.63, 3.8) is 0 Å². The van der Waals surface area contributed by atoms with Crippen LogP contribution in [0.25, 0.3) is 0 Å². The molecule has 0 amide bonds. The van der Waals surface area contributed by atoms with Gasteiger partial charge in [0.25, 0.3) is 0 Å². The summed E-state index contributed by atoms with van der Waals surface area (Å²) in [5, 5.41) is 3.61. The Hall–Kier alpha value is -1.22. The van der Waals surface area contributed by atoms with E-state index in [1.54, 1.807) is 0 Å². The summed E-state index contributed by atoms with van der Waals surface area (Å²) < 4.78 is 11.3. The highest BCUT2D eigenvalue weighted by atomic mass is 16.5. The molecule has 1 fully saturated rings. The van der Waals surface area contributed by atoms with Crippen molar-refractivity contribution in [1.82, 2.24) is 5.32 Å². The highest BCUT2D eigenvalue weighted by Gasteiger charge is 2.23. The number of piperidine rings is 1. The van der Waals surface area contributed by atoms with E-state index in [9.17, 15) is 0 Å². The van der Waals surface area contributed by atoms with E-state index < -0.39 is 0 Å². The van der Waals surface area contributed by atoms with E-state index in [2.05, 4.69) is 24.4 Å². The third-order valence-corrected chi connectivity index (χ3v) is 3.70. The van der Waals surface area contributed by atoms with Gasteiger partial charge in [-0.25, -0.2) is 0 Å². The highest BCUT2D eigenvalue weighted by molar-refractivity contribution is 5.44. The molecule has 106 valence electrons. The number of hydrogen-bond acceptors (Lipinski definition) is 3. The lowest BCUT2D eigenvalue weighted by Crippen LogP contribution is -2.32. The number of ether oxygens (including phenoxy) is 2. The van der Waals surface area contributed by atoms with Crippen LogP contribution in [0, 0.1) is 5.92 Å². The predicted molar refractivity (Wildman–Crippen MR) is 77.9 cm³/mol. The molecule has 1 aliphatic rings. The van der Waals surface area contributed by atoms with Crippen molar-refractivity contribution in [3.05, 3.63) is 23.8 Å². The van der Waals surface area contributed by atoms with Crippen LogP contribution in [0.2, 0.25) is 0 Å². The van der Waals surface area contributed by atoms with E-state index >= 15 is 0 Å². The summed E-state index contributed by atoms with van der Waals surface area (Å²) in [4.78, 5) is 0. The lowest BCUT2D eigenvalue weighted by Gasteiger charge is -2.31. The quantitative estimate of drug-likeness (QED) is 0.881. The molecule has 1 N–H and O–H groups in total. The van der Waals surface area contributed by atoms with Crippen LogP contribution < -0.4 is 14.8 Å². The van der Waals surface area contributed by atoms with Gasteiger partial charge in [-0.15, -0.1) is 0 Å². The third-order valence-electron chi connectivity index (χ3n) is 3.70. The Morgan fingerprint density at radius 2 is 1.89 bits per heavy atom. The van der Waals surface area contributed by atoms with Crippen LogP contribution in [0.5, 0.6) is 11.5 Å². The normalized spacial score (nSPS) is 23.1. The van der Waals surface area contributed by atoms with Crippen molar-refractivity contribution in [2.75, 3.05) is 19.8 Å². The molecule has 0 aromatic heterocycles. The zero-order valence-corrected chi connectivity index (χ0v) is 12.2. The number of benzene rings is 1. The van der Waals surface area contributed by atoms with Gasteiger partial charge >= 0.3 is 0 Å². The van der Waals surface area contributed by atoms with Crippen LogP contribution in [-0.2, 0) is 0 Å². The monoisotopic (exact) mass is 263 g/mol. The Morgan fingerprint density at radius 3 is 2.58 bits per heavy atom. The first-order chi connectivity index (χ1) is 9.26. The maximum Gasteiger partial charge on any atom is 0.161 e. The zero-order chi connectivity index (χ0) is 13.7. The van der Waals surface area contributed by atoms with E-state index in [0.717, 1.165) is 18.0 Å². The van der Waals surface area contributed by atoms with Crippen molar-refractivity contribution in [1.29, 1.82) is 0 Å². The molecule has 1 heterocycles. The Labute approximate surface area is 116 Å². The van der Waals surface area contributed by atoms with Crippen LogP contribution in [0.4, 0.5) is 0 Å². The van der Waals surface area contributed by atoms with Crippen molar-refractivity contribution >= 4 is 0 Å². The average molecular weight is 263 g/mol. The second-order valence-corrected chi connectivity index (χ2v) is 5.12. The van der Waals surface area contributed by atoms with Crippen LogP contribution in [0.3, 0.4) is 0 Å². The van der Waals surface area contributed by atoms with Gasteiger partial charge < -0.3 is 14.8 Å². The summed E-state index contributed by atoms with van der Waals surface area (Å²) in [6, 6.07) is 6.76. The predicted octanol–water partition coefficient (Wildman–Crippen LogP) is 3.54. The summed E-state index contributed by atoms with van der Waals surface area (Å²) >= 11 is 0. The molecule has 0 saturated carbocycles. The van der Waals surface area contributed by atoms with Gasteiger partial charge in [0, 0.05) is 6.04 Å². The Bertz CT molecular complexity index is 406. The van der Waals surface area contributed by atoms with Gasteiger partial charge in [0.2, 0.25) is 0 Å². The summed E-state index contributed by atoms with van der Waals surface area (Å²) in [5.74, 6) is 2.37. The van der Waals surface area contributed by atoms with Gasteiger partial charge in [-0.1, -0.05) is 13.0 Å². The fourth-order valence-electron chi connectivity index (χ4n) is 2.76. The van der Waals surface area contributed by atoms with Crippen molar-refractivity contribution in [2.45, 2.75) is 39.7 Å². The summed E-state index contributed by atoms with van der Waals surface area (Å²) in [7, 11) is 0. The smallest absolute Gasteiger partial charge is 0.161 e. The first kappa shape index (κ1) is 14.2. The van der Waals surface area contributed by atoms with E-state index in [1.807, 2.05) is 19.9 Å². The maximum absolute atomic E-state index is 5.70. The Balaban J connectivity index is 2.23. The second-order valence-electron chi connectivity index (χ2n) is 5.12. The van der Waals surface area contributed by atoms with Crippen molar-refractivity contribution in [3.8, 4) is 11.5 Å². The molecule has 3 nitrogen and oxygen atoms in total. The SMILES string of the molecule is CCOc1ccc(C2NCCCC2C)cc1OCC. The summed E-state index contributed by atoms with van der Waals surface area (Å²) in [5.41, 5.74) is 1.30. The van der Waals surface area contributed by atoms with Crippen molar-refractivity contribution < 1.29 is 9.47 Å². The second kappa shape index (κ2) is 6.80. The Morgan fingerprint density at radius 1 is 1.16 bits per heavy atom. The van der Waals surface area contributed by atoms with Gasteiger partial charge in [-0.05, 0) is 56.8 Å². The molecule has 3 heteroatoms. The fourth-order valence-corrected chi connectivity index (χ4v) is 2.76. The molecule has 2 rings (SSSR count). The summed E-state index contributed by atoms with van der Waals surface area (Å²) in [6.07, 6.45) is 2.56. The lowest BCUT2D eigenvalue weighted by molar-refractivity contribution is 0.282. The third kappa shape index (κ3) is 3.41. The maximum atomic E-state index is 5.70. The van der Waals surface area contributed by atoms with Crippen LogP contribution in [0.1, 0.15) is 45.2 Å². The number of hydrogen-bond donors (Lipinski definition) is 1. The number of nitrogens with one attached hydrogen (secondary N) is 1. The first-order valence-corrected chi connectivity index (χ1v) is 7.39. The van der Waals surface area contributed by atoms with Gasteiger partial charge in [-0.3, -0.25) is 0 Å². The van der Waals surface area contributed by atoms with Gasteiger partial charge in [0.1, 0.15) is 0 Å². The molecule has 1 aromatic rings. The molecule has 1 saturated heterocycles. The minimum Gasteiger partial charge on any atom is -0.490 e. The van der Waals surface area contributed by atoms with E-state index in [-0.39, 0.29) is 0 Å². The molecular weight excluding hydrogens is 238 g/mol.